The van der Waals surface area contributed by atoms with Crippen molar-refractivity contribution in [2.75, 3.05) is 13.1 Å². The number of hydrogen-bond donors (Lipinski definition) is 3. The first-order valence-electron chi connectivity index (χ1n) is 3.36. The second-order valence-electron chi connectivity index (χ2n) is 2.10. The second-order valence-corrected chi connectivity index (χ2v) is 2.10. The quantitative estimate of drug-likeness (QED) is 0.331. The molecule has 0 aromatic rings. The maximum absolute atomic E-state index is 10.5. The summed E-state index contributed by atoms with van der Waals surface area (Å²) in [5, 5.41) is 4.64. The van der Waals surface area contributed by atoms with Crippen molar-refractivity contribution in [3.05, 3.63) is 0 Å². The number of nitrogens with one attached hydrogen (secondary N) is 2. The van der Waals surface area contributed by atoms with Gasteiger partial charge >= 0.3 is 11.8 Å². The highest BCUT2D eigenvalue weighted by molar-refractivity contribution is 6.34. The molecule has 0 radical (unpaired) electrons. The second kappa shape index (κ2) is 5.11. The van der Waals surface area contributed by atoms with E-state index in [0.29, 0.717) is 0 Å². The molecule has 68 valence electrons. The number of carbonyl (C=O) groups excluding carboxylic acids is 3. The largest absolute Gasteiger partial charge is 0.361 e. The fourth-order valence-corrected chi connectivity index (χ4v) is 0.502. The minimum Gasteiger partial charge on any atom is -0.361 e. The first-order chi connectivity index (χ1) is 5.54. The van der Waals surface area contributed by atoms with E-state index >= 15 is 0 Å². The lowest BCUT2D eigenvalue weighted by molar-refractivity contribution is -0.137. The van der Waals surface area contributed by atoms with Crippen LogP contribution in [0.3, 0.4) is 0 Å². The highest BCUT2D eigenvalue weighted by Crippen LogP contribution is 1.64. The summed E-state index contributed by atoms with van der Waals surface area (Å²) in [6.45, 7) is 1.84. The fourth-order valence-electron chi connectivity index (χ4n) is 0.502. The van der Waals surface area contributed by atoms with E-state index < -0.39 is 11.8 Å². The summed E-state index contributed by atoms with van der Waals surface area (Å²) in [6.07, 6.45) is 0. The van der Waals surface area contributed by atoms with Gasteiger partial charge < -0.3 is 16.4 Å². The van der Waals surface area contributed by atoms with Gasteiger partial charge in [-0.25, -0.2) is 0 Å². The predicted molar refractivity (Wildman–Crippen MR) is 40.9 cm³/mol. The highest BCUT2D eigenvalue weighted by Gasteiger charge is 2.05. The van der Waals surface area contributed by atoms with E-state index in [4.69, 9.17) is 0 Å². The Morgan fingerprint density at radius 3 is 2.08 bits per heavy atom. The van der Waals surface area contributed by atoms with Gasteiger partial charge in [0.2, 0.25) is 5.91 Å². The molecule has 0 fully saturated rings. The van der Waals surface area contributed by atoms with Gasteiger partial charge in [-0.1, -0.05) is 0 Å². The van der Waals surface area contributed by atoms with Crippen LogP contribution in [-0.4, -0.2) is 30.8 Å². The predicted octanol–water partition coefficient (Wildman–Crippen LogP) is -2.28. The Labute approximate surface area is 69.5 Å². The zero-order valence-electron chi connectivity index (χ0n) is 6.72. The van der Waals surface area contributed by atoms with Crippen LogP contribution in [-0.2, 0) is 14.4 Å². The number of carbonyl (C=O) groups is 3. The molecule has 3 amide bonds. The molecule has 4 N–H and O–H groups in total. The standard InChI is InChI=1S/C6H11N3O3/c1-4(10)8-2-3-9-6(12)5(7)11/h2-3H2,1H3,(H2,7,11)(H,8,10)(H,9,12). The lowest BCUT2D eigenvalue weighted by Crippen LogP contribution is -2.40. The minimum atomic E-state index is -1.03. The molecule has 0 aliphatic rings. The van der Waals surface area contributed by atoms with E-state index in [9.17, 15) is 14.4 Å². The smallest absolute Gasteiger partial charge is 0.309 e. The Kier molecular flexibility index (Phi) is 4.43. The van der Waals surface area contributed by atoms with Gasteiger partial charge in [0.15, 0.2) is 0 Å². The van der Waals surface area contributed by atoms with E-state index in [0.717, 1.165) is 0 Å². The first-order valence-corrected chi connectivity index (χ1v) is 3.36. The lowest BCUT2D eigenvalue weighted by Gasteiger charge is -2.02. The molecule has 0 heterocycles. The Morgan fingerprint density at radius 1 is 1.17 bits per heavy atom. The van der Waals surface area contributed by atoms with Crippen LogP contribution in [0.15, 0.2) is 0 Å². The lowest BCUT2D eigenvalue weighted by atomic mass is 10.5. The molecule has 0 aromatic heterocycles. The minimum absolute atomic E-state index is 0.191. The SMILES string of the molecule is CC(=O)NCCNC(=O)C(N)=O. The van der Waals surface area contributed by atoms with Crippen LogP contribution in [0.2, 0.25) is 0 Å². The normalized spacial score (nSPS) is 8.75. The molecule has 0 atom stereocenters. The summed E-state index contributed by atoms with van der Waals surface area (Å²) in [4.78, 5) is 30.9. The van der Waals surface area contributed by atoms with Gasteiger partial charge in [-0.15, -0.1) is 0 Å². The Bertz CT molecular complexity index is 202. The van der Waals surface area contributed by atoms with Gasteiger partial charge in [-0.3, -0.25) is 14.4 Å². The van der Waals surface area contributed by atoms with Gasteiger partial charge in [0.05, 0.1) is 0 Å². The number of primary amides is 1. The molecule has 0 aliphatic carbocycles. The van der Waals surface area contributed by atoms with Gasteiger partial charge in [0.1, 0.15) is 0 Å². The van der Waals surface area contributed by atoms with Crippen LogP contribution in [0.4, 0.5) is 0 Å². The Hall–Kier alpha value is -1.59. The van der Waals surface area contributed by atoms with Gasteiger partial charge in [-0.05, 0) is 0 Å². The summed E-state index contributed by atoms with van der Waals surface area (Å²) < 4.78 is 0. The molecule has 6 heteroatoms. The van der Waals surface area contributed by atoms with Crippen molar-refractivity contribution in [1.82, 2.24) is 10.6 Å². The first kappa shape index (κ1) is 10.4. The van der Waals surface area contributed by atoms with Gasteiger partial charge in [-0.2, -0.15) is 0 Å². The molecule has 6 nitrogen and oxygen atoms in total. The van der Waals surface area contributed by atoms with Crippen molar-refractivity contribution in [2.24, 2.45) is 5.73 Å². The molecule has 0 rings (SSSR count). The molecule has 0 bridgehead atoms. The van der Waals surface area contributed by atoms with Crippen LogP contribution < -0.4 is 16.4 Å². The average Bonchev–Trinajstić information content (AvgIpc) is 1.97. The maximum Gasteiger partial charge on any atom is 0.309 e. The molecule has 0 unspecified atom stereocenters. The Balaban J connectivity index is 3.38. The summed E-state index contributed by atoms with van der Waals surface area (Å²) in [5.74, 6) is -2.07. The van der Waals surface area contributed by atoms with Crippen LogP contribution in [0.25, 0.3) is 0 Å². The highest BCUT2D eigenvalue weighted by atomic mass is 16.2. The third kappa shape index (κ3) is 5.21. The van der Waals surface area contributed by atoms with Crippen LogP contribution >= 0.6 is 0 Å². The van der Waals surface area contributed by atoms with E-state index in [1.165, 1.54) is 6.92 Å². The van der Waals surface area contributed by atoms with E-state index in [-0.39, 0.29) is 19.0 Å². The topological polar surface area (TPSA) is 101 Å². The molecule has 0 saturated carbocycles. The number of rotatable bonds is 3. The molecular weight excluding hydrogens is 162 g/mol. The number of nitrogens with two attached hydrogens (primary N) is 1. The molecular formula is C6H11N3O3. The van der Waals surface area contributed by atoms with Gasteiger partial charge in [0, 0.05) is 20.0 Å². The van der Waals surface area contributed by atoms with Crippen molar-refractivity contribution >= 4 is 17.7 Å². The fraction of sp³-hybridized carbons (Fsp3) is 0.500. The van der Waals surface area contributed by atoms with Crippen LogP contribution in [0.5, 0.6) is 0 Å². The van der Waals surface area contributed by atoms with Crippen molar-refractivity contribution in [1.29, 1.82) is 0 Å². The van der Waals surface area contributed by atoms with E-state index in [1.807, 2.05) is 0 Å². The van der Waals surface area contributed by atoms with E-state index in [2.05, 4.69) is 16.4 Å². The van der Waals surface area contributed by atoms with Crippen molar-refractivity contribution < 1.29 is 14.4 Å². The zero-order valence-corrected chi connectivity index (χ0v) is 6.72. The number of amides is 3. The molecule has 0 aliphatic heterocycles. The molecule has 0 saturated heterocycles. The van der Waals surface area contributed by atoms with Crippen LogP contribution in [0, 0.1) is 0 Å². The summed E-state index contributed by atoms with van der Waals surface area (Å²) in [6, 6.07) is 0. The third-order valence-corrected chi connectivity index (χ3v) is 1.01. The molecule has 12 heavy (non-hydrogen) atoms. The Morgan fingerprint density at radius 2 is 1.67 bits per heavy atom. The number of hydrogen-bond acceptors (Lipinski definition) is 3. The summed E-state index contributed by atoms with van der Waals surface area (Å²) in [5.41, 5.74) is 4.64. The molecule has 0 aromatic carbocycles. The van der Waals surface area contributed by atoms with Gasteiger partial charge in [0.25, 0.3) is 0 Å². The third-order valence-electron chi connectivity index (χ3n) is 1.01. The summed E-state index contributed by atoms with van der Waals surface area (Å²) in [7, 11) is 0. The average molecular weight is 173 g/mol. The van der Waals surface area contributed by atoms with Crippen molar-refractivity contribution in [3.63, 3.8) is 0 Å². The van der Waals surface area contributed by atoms with Crippen LogP contribution in [0.1, 0.15) is 6.92 Å². The monoisotopic (exact) mass is 173 g/mol. The van der Waals surface area contributed by atoms with E-state index in [1.54, 1.807) is 0 Å². The summed E-state index contributed by atoms with van der Waals surface area (Å²) >= 11 is 0. The maximum atomic E-state index is 10.5. The van der Waals surface area contributed by atoms with Crippen molar-refractivity contribution in [2.45, 2.75) is 6.92 Å². The molecule has 0 spiro atoms. The van der Waals surface area contributed by atoms with Crippen molar-refractivity contribution in [3.8, 4) is 0 Å². The zero-order chi connectivity index (χ0) is 9.56.